The fraction of sp³-hybridized carbons (Fsp3) is 0.600. The number of nitrogens with two attached hydrogens (primary N) is 1. The van der Waals surface area contributed by atoms with Crippen LogP contribution in [0.4, 0.5) is 5.82 Å². The number of hydrogen-bond acceptors (Lipinski definition) is 7. The van der Waals surface area contributed by atoms with Crippen molar-refractivity contribution in [1.82, 2.24) is 9.55 Å². The minimum Gasteiger partial charge on any atom is -0.394 e. The van der Waals surface area contributed by atoms with Gasteiger partial charge in [0.25, 0.3) is 0 Å². The van der Waals surface area contributed by atoms with E-state index in [9.17, 15) is 15.0 Å². The summed E-state index contributed by atoms with van der Waals surface area (Å²) >= 11 is 0. The second-order valence-electron chi connectivity index (χ2n) is 4.23. The molecule has 0 saturated carbocycles. The molecule has 1 aliphatic heterocycles. The molecule has 0 radical (unpaired) electrons. The number of anilines is 1. The van der Waals surface area contributed by atoms with E-state index in [1.165, 1.54) is 6.20 Å². The van der Waals surface area contributed by atoms with Crippen LogP contribution in [0.2, 0.25) is 0 Å². The Labute approximate surface area is 102 Å². The molecule has 0 aromatic carbocycles. The molecule has 1 aliphatic rings. The van der Waals surface area contributed by atoms with Crippen molar-refractivity contribution < 1.29 is 20.1 Å². The van der Waals surface area contributed by atoms with Crippen LogP contribution in [-0.2, 0) is 4.74 Å². The highest BCUT2D eigenvalue weighted by Gasteiger charge is 2.43. The van der Waals surface area contributed by atoms with Crippen LogP contribution in [0.25, 0.3) is 0 Å². The average Bonchev–Trinajstić information content (AvgIpc) is 2.61. The molecular weight excluding hydrogens is 242 g/mol. The van der Waals surface area contributed by atoms with Gasteiger partial charge in [-0.1, -0.05) is 0 Å². The van der Waals surface area contributed by atoms with Crippen LogP contribution in [0.3, 0.4) is 0 Å². The van der Waals surface area contributed by atoms with E-state index in [1.807, 2.05) is 0 Å². The van der Waals surface area contributed by atoms with Crippen molar-refractivity contribution in [3.63, 3.8) is 0 Å². The second-order valence-corrected chi connectivity index (χ2v) is 4.23. The van der Waals surface area contributed by atoms with Crippen molar-refractivity contribution in [2.45, 2.75) is 31.5 Å². The van der Waals surface area contributed by atoms with Gasteiger partial charge in [-0.25, -0.2) is 4.79 Å². The van der Waals surface area contributed by atoms with Gasteiger partial charge in [0.05, 0.1) is 6.61 Å². The number of aryl methyl sites for hydroxylation is 1. The Kier molecular flexibility index (Phi) is 3.35. The van der Waals surface area contributed by atoms with E-state index in [4.69, 9.17) is 15.6 Å². The van der Waals surface area contributed by atoms with Gasteiger partial charge in [-0.05, 0) is 6.92 Å². The van der Waals surface area contributed by atoms with E-state index in [1.54, 1.807) is 6.92 Å². The fourth-order valence-electron chi connectivity index (χ4n) is 1.87. The third-order valence-electron chi connectivity index (χ3n) is 2.97. The molecule has 4 atom stereocenters. The molecule has 1 aromatic heterocycles. The lowest BCUT2D eigenvalue weighted by atomic mass is 10.1. The van der Waals surface area contributed by atoms with Gasteiger partial charge in [-0.3, -0.25) is 4.57 Å². The largest absolute Gasteiger partial charge is 0.394 e. The molecule has 8 heteroatoms. The summed E-state index contributed by atoms with van der Waals surface area (Å²) in [5.74, 6) is 0.1000. The predicted molar refractivity (Wildman–Crippen MR) is 60.7 cm³/mol. The maximum atomic E-state index is 11.7. The Morgan fingerprint density at radius 1 is 1.50 bits per heavy atom. The zero-order valence-corrected chi connectivity index (χ0v) is 9.72. The molecule has 0 bridgehead atoms. The Bertz CT molecular complexity index is 503. The topological polar surface area (TPSA) is 131 Å². The first-order valence-electron chi connectivity index (χ1n) is 5.43. The van der Waals surface area contributed by atoms with Crippen LogP contribution in [0.5, 0.6) is 0 Å². The minimum atomic E-state index is -1.32. The van der Waals surface area contributed by atoms with Gasteiger partial charge in [0.2, 0.25) is 0 Å². The normalized spacial score (nSPS) is 31.8. The van der Waals surface area contributed by atoms with Crippen LogP contribution in [0, 0.1) is 6.92 Å². The Morgan fingerprint density at radius 3 is 2.72 bits per heavy atom. The molecule has 5 N–H and O–H groups in total. The predicted octanol–water partition coefficient (Wildman–Crippen LogP) is -2.25. The molecule has 100 valence electrons. The molecule has 0 aliphatic carbocycles. The molecule has 1 aromatic rings. The molecule has 2 heterocycles. The third kappa shape index (κ3) is 1.99. The van der Waals surface area contributed by atoms with Gasteiger partial charge in [-0.2, -0.15) is 4.98 Å². The van der Waals surface area contributed by atoms with E-state index in [-0.39, 0.29) is 5.82 Å². The highest BCUT2D eigenvalue weighted by molar-refractivity contribution is 5.35. The first-order chi connectivity index (χ1) is 8.45. The number of ether oxygens (including phenoxy) is 1. The van der Waals surface area contributed by atoms with E-state index in [0.717, 1.165) is 4.57 Å². The Morgan fingerprint density at radius 2 is 2.17 bits per heavy atom. The number of hydrogen-bond donors (Lipinski definition) is 4. The summed E-state index contributed by atoms with van der Waals surface area (Å²) in [7, 11) is 0. The van der Waals surface area contributed by atoms with Gasteiger partial charge < -0.3 is 25.8 Å². The molecule has 0 spiro atoms. The highest BCUT2D eigenvalue weighted by atomic mass is 16.6. The molecule has 8 nitrogen and oxygen atoms in total. The molecule has 0 amide bonds. The first kappa shape index (κ1) is 13.0. The molecular formula is C10H15N3O5. The quantitative estimate of drug-likeness (QED) is 0.470. The SMILES string of the molecule is Cc1cn(C2OC(CO)[C@H](O)C2O)c(=O)nc1N. The smallest absolute Gasteiger partial charge is 0.351 e. The van der Waals surface area contributed by atoms with Crippen molar-refractivity contribution in [1.29, 1.82) is 0 Å². The fourth-order valence-corrected chi connectivity index (χ4v) is 1.87. The molecule has 3 unspecified atom stereocenters. The van der Waals surface area contributed by atoms with Crippen LogP contribution in [-0.4, -0.2) is 49.8 Å². The Hall–Kier alpha value is -1.48. The summed E-state index contributed by atoms with van der Waals surface area (Å²) in [6.45, 7) is 1.20. The van der Waals surface area contributed by atoms with Gasteiger partial charge in [0, 0.05) is 11.8 Å². The summed E-state index contributed by atoms with van der Waals surface area (Å²) in [6, 6.07) is 0. The lowest BCUT2D eigenvalue weighted by Crippen LogP contribution is -2.36. The Balaban J connectivity index is 2.39. The minimum absolute atomic E-state index is 0.1000. The zero-order valence-electron chi connectivity index (χ0n) is 9.72. The zero-order chi connectivity index (χ0) is 13.4. The maximum absolute atomic E-state index is 11.7. The van der Waals surface area contributed by atoms with Crippen molar-refractivity contribution in [2.24, 2.45) is 0 Å². The van der Waals surface area contributed by atoms with Crippen LogP contribution in [0.15, 0.2) is 11.0 Å². The number of nitrogen functional groups attached to an aromatic ring is 1. The maximum Gasteiger partial charge on any atom is 0.351 e. The number of aliphatic hydroxyl groups excluding tert-OH is 3. The molecule has 2 rings (SSSR count). The first-order valence-corrected chi connectivity index (χ1v) is 5.43. The summed E-state index contributed by atoms with van der Waals surface area (Å²) < 4.78 is 6.28. The number of aliphatic hydroxyl groups is 3. The van der Waals surface area contributed by atoms with Crippen molar-refractivity contribution >= 4 is 5.82 Å². The average molecular weight is 257 g/mol. The van der Waals surface area contributed by atoms with Gasteiger partial charge in [0.15, 0.2) is 6.23 Å². The van der Waals surface area contributed by atoms with E-state index in [2.05, 4.69) is 4.98 Å². The second kappa shape index (κ2) is 4.65. The lowest BCUT2D eigenvalue weighted by Gasteiger charge is -2.17. The van der Waals surface area contributed by atoms with Crippen LogP contribution >= 0.6 is 0 Å². The van der Waals surface area contributed by atoms with Crippen molar-refractivity contribution in [2.75, 3.05) is 12.3 Å². The summed E-state index contributed by atoms with van der Waals surface area (Å²) in [5.41, 5.74) is 5.35. The summed E-state index contributed by atoms with van der Waals surface area (Å²) in [5, 5.41) is 28.4. The number of rotatable bonds is 2. The van der Waals surface area contributed by atoms with Gasteiger partial charge in [0.1, 0.15) is 24.1 Å². The van der Waals surface area contributed by atoms with Gasteiger partial charge >= 0.3 is 5.69 Å². The van der Waals surface area contributed by atoms with Crippen molar-refractivity contribution in [3.05, 3.63) is 22.2 Å². The van der Waals surface area contributed by atoms with Gasteiger partial charge in [-0.15, -0.1) is 0 Å². The van der Waals surface area contributed by atoms with E-state index >= 15 is 0 Å². The lowest BCUT2D eigenvalue weighted by molar-refractivity contribution is -0.0550. The number of aromatic nitrogens is 2. The van der Waals surface area contributed by atoms with Crippen molar-refractivity contribution in [3.8, 4) is 0 Å². The van der Waals surface area contributed by atoms with E-state index in [0.29, 0.717) is 5.56 Å². The van der Waals surface area contributed by atoms with Crippen LogP contribution < -0.4 is 11.4 Å². The van der Waals surface area contributed by atoms with E-state index < -0.39 is 36.8 Å². The molecule has 18 heavy (non-hydrogen) atoms. The summed E-state index contributed by atoms with van der Waals surface area (Å²) in [6.07, 6.45) is -3.20. The van der Waals surface area contributed by atoms with Crippen LogP contribution in [0.1, 0.15) is 11.8 Å². The standard InChI is InChI=1S/C10H15N3O5/c1-4-2-13(10(17)12-8(4)11)9-7(16)6(15)5(3-14)18-9/h2,5-7,9,14-16H,3H2,1H3,(H2,11,12,17)/t5?,6-,7?,9?/m0/s1. The summed E-state index contributed by atoms with van der Waals surface area (Å²) in [4.78, 5) is 15.2. The highest BCUT2D eigenvalue weighted by Crippen LogP contribution is 2.28. The monoisotopic (exact) mass is 257 g/mol. The molecule has 1 saturated heterocycles. The number of nitrogens with zero attached hydrogens (tertiary/aromatic N) is 2. The molecule has 1 fully saturated rings. The third-order valence-corrected chi connectivity index (χ3v) is 2.97.